The minimum atomic E-state index is -0.468. The van der Waals surface area contributed by atoms with Crippen molar-refractivity contribution >= 4 is 17.3 Å². The van der Waals surface area contributed by atoms with Gasteiger partial charge in [-0.3, -0.25) is 9.88 Å². The molecule has 0 saturated carbocycles. The molecule has 1 aliphatic heterocycles. The van der Waals surface area contributed by atoms with Gasteiger partial charge in [0.2, 0.25) is 0 Å². The highest BCUT2D eigenvalue weighted by Crippen LogP contribution is 2.21. The molecule has 5 nitrogen and oxygen atoms in total. The molecular formula is C20H26ClN3O2. The fraction of sp³-hybridized carbons (Fsp3) is 0.450. The summed E-state index contributed by atoms with van der Waals surface area (Å²) >= 11 is 6.01. The van der Waals surface area contributed by atoms with Gasteiger partial charge >= 0.3 is 0 Å². The number of aliphatic hydroxyl groups is 1. The molecule has 3 rings (SSSR count). The summed E-state index contributed by atoms with van der Waals surface area (Å²) in [6.07, 6.45) is 3.91. The van der Waals surface area contributed by atoms with Gasteiger partial charge in [-0.25, -0.2) is 0 Å². The smallest absolute Gasteiger partial charge is 0.119 e. The van der Waals surface area contributed by atoms with Crippen molar-refractivity contribution in [2.75, 3.05) is 44.2 Å². The molecule has 1 aromatic heterocycles. The molecule has 1 unspecified atom stereocenters. The first-order valence-electron chi connectivity index (χ1n) is 9.06. The summed E-state index contributed by atoms with van der Waals surface area (Å²) in [6.45, 7) is 7.14. The molecule has 0 aliphatic carbocycles. The van der Waals surface area contributed by atoms with Gasteiger partial charge in [-0.1, -0.05) is 11.6 Å². The first-order chi connectivity index (χ1) is 12.6. The minimum Gasteiger partial charge on any atom is -0.491 e. The Hall–Kier alpha value is -1.82. The average molecular weight is 376 g/mol. The van der Waals surface area contributed by atoms with Crippen molar-refractivity contribution in [1.29, 1.82) is 0 Å². The van der Waals surface area contributed by atoms with Gasteiger partial charge in [0.05, 0.1) is 6.10 Å². The molecule has 1 N–H and O–H groups in total. The lowest BCUT2D eigenvalue weighted by molar-refractivity contribution is 0.0866. The third-order valence-corrected chi connectivity index (χ3v) is 5.17. The Balaban J connectivity index is 1.36. The molecule has 0 radical (unpaired) electrons. The number of ether oxygens (including phenoxy) is 1. The Bertz CT molecular complexity index is 691. The maximum atomic E-state index is 10.2. The summed E-state index contributed by atoms with van der Waals surface area (Å²) in [5, 5.41) is 10.9. The Kier molecular flexibility index (Phi) is 6.72. The second-order valence-corrected chi connectivity index (χ2v) is 7.11. The molecular weight excluding hydrogens is 350 g/mol. The third kappa shape index (κ3) is 5.34. The van der Waals surface area contributed by atoms with E-state index in [-0.39, 0.29) is 0 Å². The lowest BCUT2D eigenvalue weighted by atomic mass is 10.2. The van der Waals surface area contributed by atoms with Crippen LogP contribution < -0.4 is 9.64 Å². The van der Waals surface area contributed by atoms with Crippen molar-refractivity contribution in [1.82, 2.24) is 9.88 Å². The Labute approximate surface area is 160 Å². The monoisotopic (exact) mass is 375 g/mol. The van der Waals surface area contributed by atoms with Crippen molar-refractivity contribution in [3.05, 3.63) is 53.3 Å². The predicted octanol–water partition coefficient (Wildman–Crippen LogP) is 3.00. The molecule has 1 saturated heterocycles. The average Bonchev–Trinajstić information content (AvgIpc) is 2.68. The third-order valence-electron chi connectivity index (χ3n) is 4.75. The van der Waals surface area contributed by atoms with Crippen LogP contribution >= 0.6 is 11.6 Å². The number of hydrogen-bond donors (Lipinski definition) is 1. The summed E-state index contributed by atoms with van der Waals surface area (Å²) in [4.78, 5) is 8.84. The molecule has 0 spiro atoms. The molecule has 2 heterocycles. The SMILES string of the molecule is Cc1cc(OCC(O)CCN2CCN(c3ccncc3)CC2)ccc1Cl. The maximum absolute atomic E-state index is 10.2. The highest BCUT2D eigenvalue weighted by atomic mass is 35.5. The molecule has 6 heteroatoms. The van der Waals surface area contributed by atoms with Crippen LogP contribution in [0.5, 0.6) is 5.75 Å². The zero-order valence-electron chi connectivity index (χ0n) is 15.1. The molecule has 2 aromatic rings. The van der Waals surface area contributed by atoms with E-state index >= 15 is 0 Å². The summed E-state index contributed by atoms with van der Waals surface area (Å²) in [6, 6.07) is 9.65. The van der Waals surface area contributed by atoms with E-state index in [1.807, 2.05) is 37.5 Å². The predicted molar refractivity (Wildman–Crippen MR) is 105 cm³/mol. The summed E-state index contributed by atoms with van der Waals surface area (Å²) in [7, 11) is 0. The van der Waals surface area contributed by atoms with E-state index in [0.717, 1.165) is 49.1 Å². The van der Waals surface area contributed by atoms with Gasteiger partial charge in [0, 0.05) is 55.8 Å². The quantitative estimate of drug-likeness (QED) is 0.806. The molecule has 140 valence electrons. The first kappa shape index (κ1) is 19.0. The van der Waals surface area contributed by atoms with Gasteiger partial charge in [0.15, 0.2) is 0 Å². The summed E-state index contributed by atoms with van der Waals surface area (Å²) in [5.74, 6) is 0.747. The van der Waals surface area contributed by atoms with Gasteiger partial charge in [-0.15, -0.1) is 0 Å². The number of aromatic nitrogens is 1. The maximum Gasteiger partial charge on any atom is 0.119 e. The minimum absolute atomic E-state index is 0.304. The van der Waals surface area contributed by atoms with Crippen LogP contribution in [0.15, 0.2) is 42.7 Å². The van der Waals surface area contributed by atoms with E-state index in [4.69, 9.17) is 16.3 Å². The van der Waals surface area contributed by atoms with E-state index in [1.165, 1.54) is 5.69 Å². The fourth-order valence-corrected chi connectivity index (χ4v) is 3.22. The molecule has 1 aliphatic rings. The van der Waals surface area contributed by atoms with E-state index in [1.54, 1.807) is 0 Å². The largest absolute Gasteiger partial charge is 0.491 e. The standard InChI is InChI=1S/C20H26ClN3O2/c1-16-14-19(2-3-20(16)21)26-15-18(25)6-9-23-10-12-24(13-11-23)17-4-7-22-8-5-17/h2-5,7-8,14,18,25H,6,9-13,15H2,1H3. The van der Waals surface area contributed by atoms with Gasteiger partial charge in [-0.2, -0.15) is 0 Å². The molecule has 1 aromatic carbocycles. The van der Waals surface area contributed by atoms with Crippen LogP contribution in [0.3, 0.4) is 0 Å². The number of nitrogens with zero attached hydrogens (tertiary/aromatic N) is 3. The molecule has 0 bridgehead atoms. The van der Waals surface area contributed by atoms with E-state index < -0.39 is 6.10 Å². The fourth-order valence-electron chi connectivity index (χ4n) is 3.10. The van der Waals surface area contributed by atoms with Crippen LogP contribution in [0, 0.1) is 6.92 Å². The number of halogens is 1. The zero-order valence-corrected chi connectivity index (χ0v) is 15.9. The number of pyridine rings is 1. The van der Waals surface area contributed by atoms with Crippen molar-refractivity contribution in [2.45, 2.75) is 19.4 Å². The normalized spacial score (nSPS) is 16.5. The molecule has 1 atom stereocenters. The van der Waals surface area contributed by atoms with Crippen molar-refractivity contribution in [3.63, 3.8) is 0 Å². The second-order valence-electron chi connectivity index (χ2n) is 6.70. The number of aliphatic hydroxyl groups excluding tert-OH is 1. The van der Waals surface area contributed by atoms with E-state index in [0.29, 0.717) is 13.0 Å². The van der Waals surface area contributed by atoms with Crippen molar-refractivity contribution in [2.24, 2.45) is 0 Å². The van der Waals surface area contributed by atoms with Crippen LogP contribution in [0.25, 0.3) is 0 Å². The second kappa shape index (κ2) is 9.21. The molecule has 0 amide bonds. The topological polar surface area (TPSA) is 48.8 Å². The van der Waals surface area contributed by atoms with Crippen LogP contribution in [0.1, 0.15) is 12.0 Å². The Morgan fingerprint density at radius 2 is 1.88 bits per heavy atom. The van der Waals surface area contributed by atoms with Gasteiger partial charge in [-0.05, 0) is 49.2 Å². The number of rotatable bonds is 7. The van der Waals surface area contributed by atoms with Gasteiger partial charge in [0.25, 0.3) is 0 Å². The molecule has 1 fully saturated rings. The van der Waals surface area contributed by atoms with Crippen molar-refractivity contribution < 1.29 is 9.84 Å². The number of benzene rings is 1. The van der Waals surface area contributed by atoms with Crippen LogP contribution in [0.4, 0.5) is 5.69 Å². The summed E-state index contributed by atoms with van der Waals surface area (Å²) in [5.41, 5.74) is 2.21. The number of hydrogen-bond acceptors (Lipinski definition) is 5. The number of piperazine rings is 1. The molecule has 26 heavy (non-hydrogen) atoms. The van der Waals surface area contributed by atoms with Gasteiger partial charge in [0.1, 0.15) is 12.4 Å². The first-order valence-corrected chi connectivity index (χ1v) is 9.44. The lowest BCUT2D eigenvalue weighted by Gasteiger charge is -2.36. The van der Waals surface area contributed by atoms with Crippen LogP contribution in [-0.4, -0.2) is 60.4 Å². The lowest BCUT2D eigenvalue weighted by Crippen LogP contribution is -2.47. The van der Waals surface area contributed by atoms with Crippen molar-refractivity contribution in [3.8, 4) is 5.75 Å². The number of aryl methyl sites for hydroxylation is 1. The summed E-state index contributed by atoms with van der Waals surface area (Å²) < 4.78 is 5.68. The Morgan fingerprint density at radius 1 is 1.15 bits per heavy atom. The highest BCUT2D eigenvalue weighted by Gasteiger charge is 2.18. The van der Waals surface area contributed by atoms with E-state index in [2.05, 4.69) is 26.9 Å². The van der Waals surface area contributed by atoms with Crippen LogP contribution in [0.2, 0.25) is 5.02 Å². The number of anilines is 1. The Morgan fingerprint density at radius 3 is 2.58 bits per heavy atom. The zero-order chi connectivity index (χ0) is 18.4. The highest BCUT2D eigenvalue weighted by molar-refractivity contribution is 6.31. The van der Waals surface area contributed by atoms with Gasteiger partial charge < -0.3 is 14.7 Å². The van der Waals surface area contributed by atoms with Crippen LogP contribution in [-0.2, 0) is 0 Å². The van der Waals surface area contributed by atoms with E-state index in [9.17, 15) is 5.11 Å².